The Balaban J connectivity index is 2.17. The third-order valence-corrected chi connectivity index (χ3v) is 2.83. The van der Waals surface area contributed by atoms with Gasteiger partial charge in [0.2, 0.25) is 5.56 Å². The smallest absolute Gasteiger partial charge is 0.257 e. The second kappa shape index (κ2) is 5.39. The van der Waals surface area contributed by atoms with Crippen LogP contribution < -0.4 is 16.6 Å². The van der Waals surface area contributed by atoms with Crippen molar-refractivity contribution in [2.45, 2.75) is 13.3 Å². The molecule has 5 heteroatoms. The fraction of sp³-hybridized carbons (Fsp3) is 0.143. The lowest BCUT2D eigenvalue weighted by molar-refractivity contribution is 0.102. The van der Waals surface area contributed by atoms with Crippen molar-refractivity contribution >= 4 is 17.3 Å². The van der Waals surface area contributed by atoms with Gasteiger partial charge in [-0.1, -0.05) is 13.0 Å². The highest BCUT2D eigenvalue weighted by Gasteiger charge is 2.07. The van der Waals surface area contributed by atoms with Crippen molar-refractivity contribution in [3.05, 3.63) is 58.0 Å². The van der Waals surface area contributed by atoms with E-state index in [1.165, 1.54) is 18.3 Å². The number of nitrogen functional groups attached to an aromatic ring is 1. The molecule has 0 saturated carbocycles. The van der Waals surface area contributed by atoms with Gasteiger partial charge < -0.3 is 16.0 Å². The number of anilines is 2. The molecule has 0 spiro atoms. The minimum absolute atomic E-state index is 0.243. The van der Waals surface area contributed by atoms with Crippen LogP contribution in [0.5, 0.6) is 0 Å². The number of hydrogen-bond acceptors (Lipinski definition) is 3. The molecule has 0 atom stereocenters. The Bertz CT molecular complexity index is 641. The van der Waals surface area contributed by atoms with Gasteiger partial charge >= 0.3 is 0 Å². The molecule has 0 fully saturated rings. The first-order valence-corrected chi connectivity index (χ1v) is 5.98. The number of carbonyl (C=O) groups is 1. The van der Waals surface area contributed by atoms with Crippen molar-refractivity contribution in [1.29, 1.82) is 0 Å². The zero-order valence-electron chi connectivity index (χ0n) is 10.6. The number of rotatable bonds is 3. The van der Waals surface area contributed by atoms with Gasteiger partial charge in [0.05, 0.1) is 5.56 Å². The lowest BCUT2D eigenvalue weighted by Gasteiger charge is -2.08. The predicted molar refractivity (Wildman–Crippen MR) is 75.2 cm³/mol. The summed E-state index contributed by atoms with van der Waals surface area (Å²) in [6.07, 6.45) is 2.22. The molecule has 1 amide bonds. The Hall–Kier alpha value is -2.56. The fourth-order valence-electron chi connectivity index (χ4n) is 1.75. The molecule has 19 heavy (non-hydrogen) atoms. The van der Waals surface area contributed by atoms with E-state index >= 15 is 0 Å². The van der Waals surface area contributed by atoms with Gasteiger partial charge in [-0.05, 0) is 30.2 Å². The number of aromatic amines is 1. The number of aryl methyl sites for hydroxylation is 1. The van der Waals surface area contributed by atoms with E-state index in [2.05, 4.69) is 10.3 Å². The van der Waals surface area contributed by atoms with Crippen molar-refractivity contribution < 1.29 is 4.79 Å². The molecular weight excluding hydrogens is 242 g/mol. The summed E-state index contributed by atoms with van der Waals surface area (Å²) in [5, 5.41) is 2.73. The maximum Gasteiger partial charge on any atom is 0.257 e. The van der Waals surface area contributed by atoms with Gasteiger partial charge in [-0.15, -0.1) is 0 Å². The Morgan fingerprint density at radius 3 is 2.68 bits per heavy atom. The summed E-state index contributed by atoms with van der Waals surface area (Å²) in [5.41, 5.74) is 8.34. The number of amides is 1. The van der Waals surface area contributed by atoms with Crippen molar-refractivity contribution in [1.82, 2.24) is 4.98 Å². The Kier molecular flexibility index (Phi) is 3.66. The van der Waals surface area contributed by atoms with Crippen LogP contribution in [0.1, 0.15) is 22.8 Å². The summed E-state index contributed by atoms with van der Waals surface area (Å²) in [4.78, 5) is 25.3. The number of benzene rings is 1. The summed E-state index contributed by atoms with van der Waals surface area (Å²) in [7, 11) is 0. The number of nitrogens with one attached hydrogen (secondary N) is 2. The average Bonchev–Trinajstić information content (AvgIpc) is 2.39. The molecule has 98 valence electrons. The maximum atomic E-state index is 11.9. The van der Waals surface area contributed by atoms with Crippen LogP contribution >= 0.6 is 0 Å². The maximum absolute atomic E-state index is 11.9. The van der Waals surface area contributed by atoms with Crippen molar-refractivity contribution in [3.8, 4) is 0 Å². The van der Waals surface area contributed by atoms with Gasteiger partial charge in [-0.2, -0.15) is 0 Å². The number of H-pyrrole nitrogens is 1. The van der Waals surface area contributed by atoms with Gasteiger partial charge in [0, 0.05) is 23.6 Å². The molecule has 1 aromatic carbocycles. The highest BCUT2D eigenvalue weighted by atomic mass is 16.1. The van der Waals surface area contributed by atoms with Crippen LogP contribution in [-0.4, -0.2) is 10.9 Å². The highest BCUT2D eigenvalue weighted by molar-refractivity contribution is 6.04. The molecule has 0 aliphatic heterocycles. The summed E-state index contributed by atoms with van der Waals surface area (Å²) in [6.45, 7) is 2.02. The van der Waals surface area contributed by atoms with E-state index in [0.717, 1.165) is 12.0 Å². The average molecular weight is 257 g/mol. The van der Waals surface area contributed by atoms with Crippen LogP contribution in [-0.2, 0) is 6.42 Å². The summed E-state index contributed by atoms with van der Waals surface area (Å²) < 4.78 is 0. The zero-order valence-corrected chi connectivity index (χ0v) is 10.6. The number of carbonyl (C=O) groups excluding carboxylic acids is 1. The number of aromatic nitrogens is 1. The molecule has 2 rings (SSSR count). The monoisotopic (exact) mass is 257 g/mol. The van der Waals surface area contributed by atoms with Gasteiger partial charge in [-0.3, -0.25) is 9.59 Å². The Labute approximate surface area is 110 Å². The Morgan fingerprint density at radius 2 is 2.11 bits per heavy atom. The van der Waals surface area contributed by atoms with E-state index in [1.54, 1.807) is 12.1 Å². The molecule has 0 bridgehead atoms. The van der Waals surface area contributed by atoms with E-state index in [9.17, 15) is 9.59 Å². The van der Waals surface area contributed by atoms with Crippen LogP contribution in [0, 0.1) is 0 Å². The van der Waals surface area contributed by atoms with E-state index in [0.29, 0.717) is 16.9 Å². The molecule has 5 nitrogen and oxygen atoms in total. The molecule has 0 saturated heterocycles. The SMILES string of the molecule is CCc1ccc(NC(=O)c2ccc(=O)[nH]c2)cc1N. The van der Waals surface area contributed by atoms with E-state index in [1.807, 2.05) is 13.0 Å². The molecule has 2 aromatic rings. The molecule has 1 heterocycles. The first-order valence-electron chi connectivity index (χ1n) is 5.98. The zero-order chi connectivity index (χ0) is 13.8. The molecule has 0 radical (unpaired) electrons. The third kappa shape index (κ3) is 3.01. The second-order valence-electron chi connectivity index (χ2n) is 4.16. The Morgan fingerprint density at radius 1 is 1.32 bits per heavy atom. The number of pyridine rings is 1. The highest BCUT2D eigenvalue weighted by Crippen LogP contribution is 2.18. The number of nitrogens with two attached hydrogens (primary N) is 1. The van der Waals surface area contributed by atoms with E-state index in [4.69, 9.17) is 5.73 Å². The van der Waals surface area contributed by atoms with Gasteiger partial charge in [0.1, 0.15) is 0 Å². The molecule has 0 aliphatic carbocycles. The standard InChI is InChI=1S/C14H15N3O2/c1-2-9-3-5-11(7-12(9)15)17-14(19)10-4-6-13(18)16-8-10/h3-8H,2,15H2,1H3,(H,16,18)(H,17,19). The van der Waals surface area contributed by atoms with Gasteiger partial charge in [-0.25, -0.2) is 0 Å². The largest absolute Gasteiger partial charge is 0.398 e. The van der Waals surface area contributed by atoms with Crippen LogP contribution in [0.4, 0.5) is 11.4 Å². The minimum atomic E-state index is -0.292. The lowest BCUT2D eigenvalue weighted by atomic mass is 10.1. The molecular formula is C14H15N3O2. The topological polar surface area (TPSA) is 88.0 Å². The quantitative estimate of drug-likeness (QED) is 0.732. The first kappa shape index (κ1) is 12.9. The van der Waals surface area contributed by atoms with Gasteiger partial charge in [0.25, 0.3) is 5.91 Å². The summed E-state index contributed by atoms with van der Waals surface area (Å²) in [6, 6.07) is 8.19. The molecule has 4 N–H and O–H groups in total. The normalized spacial score (nSPS) is 10.2. The number of hydrogen-bond donors (Lipinski definition) is 3. The van der Waals surface area contributed by atoms with Crippen LogP contribution in [0.2, 0.25) is 0 Å². The molecule has 1 aromatic heterocycles. The lowest BCUT2D eigenvalue weighted by Crippen LogP contribution is -2.14. The van der Waals surface area contributed by atoms with Crippen molar-refractivity contribution in [2.75, 3.05) is 11.1 Å². The fourth-order valence-corrected chi connectivity index (χ4v) is 1.75. The summed E-state index contributed by atoms with van der Waals surface area (Å²) in [5.74, 6) is -0.292. The van der Waals surface area contributed by atoms with Crippen molar-refractivity contribution in [3.63, 3.8) is 0 Å². The van der Waals surface area contributed by atoms with Crippen LogP contribution in [0.3, 0.4) is 0 Å². The molecule has 0 aliphatic rings. The predicted octanol–water partition coefficient (Wildman–Crippen LogP) is 1.77. The van der Waals surface area contributed by atoms with E-state index in [-0.39, 0.29) is 11.5 Å². The summed E-state index contributed by atoms with van der Waals surface area (Å²) >= 11 is 0. The van der Waals surface area contributed by atoms with Crippen LogP contribution in [0.25, 0.3) is 0 Å². The van der Waals surface area contributed by atoms with Gasteiger partial charge in [0.15, 0.2) is 0 Å². The molecule has 0 unspecified atom stereocenters. The minimum Gasteiger partial charge on any atom is -0.398 e. The first-order chi connectivity index (χ1) is 9.10. The van der Waals surface area contributed by atoms with Crippen LogP contribution in [0.15, 0.2) is 41.3 Å². The third-order valence-electron chi connectivity index (χ3n) is 2.83. The second-order valence-corrected chi connectivity index (χ2v) is 4.16. The van der Waals surface area contributed by atoms with Crippen molar-refractivity contribution in [2.24, 2.45) is 0 Å². The van der Waals surface area contributed by atoms with E-state index < -0.39 is 0 Å².